The summed E-state index contributed by atoms with van der Waals surface area (Å²) in [4.78, 5) is 0. The number of nitrogens with zero attached hydrogens (tertiary/aromatic N) is 1. The molecule has 0 aromatic rings. The summed E-state index contributed by atoms with van der Waals surface area (Å²) in [6.45, 7) is 1.21. The average molecular weight is 100 g/mol. The molecule has 1 fully saturated rings. The number of aliphatic hydroxyl groups excluding tert-OH is 1. The van der Waals surface area contributed by atoms with Gasteiger partial charge in [0.25, 0.3) is 0 Å². The molecule has 1 rings (SSSR count). The molecule has 0 bridgehead atoms. The van der Waals surface area contributed by atoms with Gasteiger partial charge in [0.1, 0.15) is 0 Å². The molecule has 2 nitrogen and oxygen atoms in total. The fourth-order valence-electron chi connectivity index (χ4n) is 0.841. The van der Waals surface area contributed by atoms with Gasteiger partial charge in [-0.15, -0.1) is 0 Å². The molecule has 1 aliphatic rings. The van der Waals surface area contributed by atoms with Crippen LogP contribution >= 0.6 is 0 Å². The van der Waals surface area contributed by atoms with E-state index in [4.69, 9.17) is 5.11 Å². The lowest BCUT2D eigenvalue weighted by atomic mass is 10.2. The first-order chi connectivity index (χ1) is 3.43. The zero-order valence-electron chi connectivity index (χ0n) is 4.30. The molecule has 0 saturated carbocycles. The van der Waals surface area contributed by atoms with Gasteiger partial charge >= 0.3 is 0 Å². The van der Waals surface area contributed by atoms with Gasteiger partial charge in [0.05, 0.1) is 6.61 Å². The largest absolute Gasteiger partial charge is 0.395 e. The van der Waals surface area contributed by atoms with Crippen molar-refractivity contribution in [2.24, 2.45) is 0 Å². The Morgan fingerprint density at radius 1 is 1.71 bits per heavy atom. The van der Waals surface area contributed by atoms with Gasteiger partial charge in [-0.05, 0) is 12.8 Å². The van der Waals surface area contributed by atoms with E-state index in [-0.39, 0.29) is 12.6 Å². The zero-order chi connectivity index (χ0) is 5.11. The second-order valence-electron chi connectivity index (χ2n) is 1.88. The molecule has 1 radical (unpaired) electrons. The first-order valence-electron chi connectivity index (χ1n) is 2.71. The van der Waals surface area contributed by atoms with Crippen molar-refractivity contribution in [2.75, 3.05) is 13.2 Å². The van der Waals surface area contributed by atoms with Gasteiger partial charge in [-0.25, -0.2) is 5.32 Å². The molecule has 1 saturated heterocycles. The Morgan fingerprint density at radius 2 is 2.57 bits per heavy atom. The van der Waals surface area contributed by atoms with Gasteiger partial charge in [0.2, 0.25) is 0 Å². The monoisotopic (exact) mass is 100 g/mol. The molecule has 0 aliphatic carbocycles. The highest BCUT2D eigenvalue weighted by atomic mass is 16.3. The lowest BCUT2D eigenvalue weighted by Crippen LogP contribution is -2.17. The average Bonchev–Trinajstić information content (AvgIpc) is 2.14. The molecule has 0 spiro atoms. The highest BCUT2D eigenvalue weighted by molar-refractivity contribution is 4.71. The van der Waals surface area contributed by atoms with E-state index in [2.05, 4.69) is 5.32 Å². The molecule has 0 aromatic carbocycles. The quantitative estimate of drug-likeness (QED) is 0.484. The summed E-state index contributed by atoms with van der Waals surface area (Å²) in [5, 5.41) is 12.6. The highest BCUT2D eigenvalue weighted by Crippen LogP contribution is 2.04. The van der Waals surface area contributed by atoms with Crippen molar-refractivity contribution in [1.29, 1.82) is 0 Å². The van der Waals surface area contributed by atoms with Gasteiger partial charge in [0, 0.05) is 12.6 Å². The van der Waals surface area contributed by atoms with Gasteiger partial charge in [-0.1, -0.05) is 0 Å². The van der Waals surface area contributed by atoms with Crippen LogP contribution in [0.2, 0.25) is 0 Å². The second kappa shape index (κ2) is 2.28. The normalized spacial score (nSPS) is 31.3. The lowest BCUT2D eigenvalue weighted by Gasteiger charge is -1.99. The Bertz CT molecular complexity index is 50.0. The van der Waals surface area contributed by atoms with Gasteiger partial charge in [0.15, 0.2) is 0 Å². The maximum Gasteiger partial charge on any atom is 0.0600 e. The summed E-state index contributed by atoms with van der Waals surface area (Å²) in [6, 6.07) is 0.278. The van der Waals surface area contributed by atoms with E-state index in [0.717, 1.165) is 13.0 Å². The molecule has 41 valence electrons. The van der Waals surface area contributed by atoms with Crippen molar-refractivity contribution in [3.8, 4) is 0 Å². The van der Waals surface area contributed by atoms with E-state index in [9.17, 15) is 0 Å². The van der Waals surface area contributed by atoms with Crippen LogP contribution in [0.5, 0.6) is 0 Å². The first-order valence-corrected chi connectivity index (χ1v) is 2.71. The van der Waals surface area contributed by atoms with Crippen LogP contribution < -0.4 is 5.32 Å². The third-order valence-electron chi connectivity index (χ3n) is 1.29. The van der Waals surface area contributed by atoms with E-state index in [1.807, 2.05) is 0 Å². The van der Waals surface area contributed by atoms with Crippen LogP contribution in [0.15, 0.2) is 0 Å². The molecule has 1 N–H and O–H groups in total. The minimum absolute atomic E-state index is 0.250. The van der Waals surface area contributed by atoms with Crippen LogP contribution in [0.1, 0.15) is 12.8 Å². The van der Waals surface area contributed by atoms with E-state index in [0.29, 0.717) is 0 Å². The molecular weight excluding hydrogens is 90.1 g/mol. The summed E-state index contributed by atoms with van der Waals surface area (Å²) in [6.07, 6.45) is 2.27. The number of aliphatic hydroxyl groups is 1. The molecule has 0 amide bonds. The van der Waals surface area contributed by atoms with E-state index in [1.54, 1.807) is 0 Å². The van der Waals surface area contributed by atoms with Gasteiger partial charge in [-0.3, -0.25) is 0 Å². The van der Waals surface area contributed by atoms with E-state index < -0.39 is 0 Å². The van der Waals surface area contributed by atoms with E-state index in [1.165, 1.54) is 6.42 Å². The predicted octanol–water partition coefficient (Wildman–Crippen LogP) is -0.254. The standard InChI is InChI=1S/C5H10NO/c7-4-5-2-1-3-6-5/h5,7H,1-4H2/t5-/m0/s1. The van der Waals surface area contributed by atoms with Crippen molar-refractivity contribution < 1.29 is 5.11 Å². The van der Waals surface area contributed by atoms with E-state index >= 15 is 0 Å². The number of rotatable bonds is 1. The van der Waals surface area contributed by atoms with Gasteiger partial charge < -0.3 is 5.11 Å². The molecule has 1 aliphatic heterocycles. The SMILES string of the molecule is OC[C@@H]1CCC[N]1. The summed E-state index contributed by atoms with van der Waals surface area (Å²) >= 11 is 0. The molecule has 1 heterocycles. The smallest absolute Gasteiger partial charge is 0.0600 e. The molecule has 2 heteroatoms. The van der Waals surface area contributed by atoms with Crippen LogP contribution in [0.25, 0.3) is 0 Å². The Balaban J connectivity index is 2.14. The maximum absolute atomic E-state index is 8.47. The molecule has 0 unspecified atom stereocenters. The van der Waals surface area contributed by atoms with Crippen LogP contribution in [0, 0.1) is 0 Å². The maximum atomic E-state index is 8.47. The fourth-order valence-corrected chi connectivity index (χ4v) is 0.841. The summed E-state index contributed by atoms with van der Waals surface area (Å²) in [5.41, 5.74) is 0. The lowest BCUT2D eigenvalue weighted by molar-refractivity contribution is 0.253. The van der Waals surface area contributed by atoms with Crippen molar-refractivity contribution in [1.82, 2.24) is 5.32 Å². The second-order valence-corrected chi connectivity index (χ2v) is 1.88. The van der Waals surface area contributed by atoms with Crippen molar-refractivity contribution in [3.05, 3.63) is 0 Å². The fraction of sp³-hybridized carbons (Fsp3) is 1.00. The van der Waals surface area contributed by atoms with Crippen LogP contribution in [0.3, 0.4) is 0 Å². The van der Waals surface area contributed by atoms with Crippen molar-refractivity contribution in [2.45, 2.75) is 18.9 Å². The third kappa shape index (κ3) is 1.14. The van der Waals surface area contributed by atoms with Crippen LogP contribution in [0.4, 0.5) is 0 Å². The summed E-state index contributed by atoms with van der Waals surface area (Å²) in [7, 11) is 0. The summed E-state index contributed by atoms with van der Waals surface area (Å²) in [5.74, 6) is 0. The Labute approximate surface area is 43.5 Å². The molecule has 7 heavy (non-hydrogen) atoms. The zero-order valence-corrected chi connectivity index (χ0v) is 4.30. The molecular formula is C5H10NO. The number of hydrogen-bond acceptors (Lipinski definition) is 1. The Morgan fingerprint density at radius 3 is 2.86 bits per heavy atom. The van der Waals surface area contributed by atoms with Crippen molar-refractivity contribution >= 4 is 0 Å². The first kappa shape index (κ1) is 5.06. The molecule has 1 atom stereocenters. The Hall–Kier alpha value is -0.0800. The summed E-state index contributed by atoms with van der Waals surface area (Å²) < 4.78 is 0. The minimum atomic E-state index is 0.250. The topological polar surface area (TPSA) is 34.3 Å². The van der Waals surface area contributed by atoms with Crippen molar-refractivity contribution in [3.63, 3.8) is 0 Å². The molecule has 0 aromatic heterocycles. The highest BCUT2D eigenvalue weighted by Gasteiger charge is 2.12. The minimum Gasteiger partial charge on any atom is -0.395 e. The third-order valence-corrected chi connectivity index (χ3v) is 1.29. The van der Waals surface area contributed by atoms with Crippen LogP contribution in [-0.2, 0) is 0 Å². The number of hydrogen-bond donors (Lipinski definition) is 1. The van der Waals surface area contributed by atoms with Crippen LogP contribution in [-0.4, -0.2) is 24.3 Å². The Kier molecular flexibility index (Phi) is 1.65. The predicted molar refractivity (Wildman–Crippen MR) is 27.1 cm³/mol. The van der Waals surface area contributed by atoms with Gasteiger partial charge in [-0.2, -0.15) is 0 Å².